The van der Waals surface area contributed by atoms with Crippen molar-refractivity contribution < 1.29 is 4.74 Å². The molecule has 0 radical (unpaired) electrons. The third-order valence-electron chi connectivity index (χ3n) is 3.39. The maximum absolute atomic E-state index is 5.73. The predicted molar refractivity (Wildman–Crippen MR) is 71.1 cm³/mol. The highest BCUT2D eigenvalue weighted by atomic mass is 16.5. The summed E-state index contributed by atoms with van der Waals surface area (Å²) in [5.41, 5.74) is 10.7. The lowest BCUT2D eigenvalue weighted by Crippen LogP contribution is -2.22. The highest BCUT2D eigenvalue weighted by Crippen LogP contribution is 2.30. The van der Waals surface area contributed by atoms with Crippen molar-refractivity contribution in [2.45, 2.75) is 12.5 Å². The van der Waals surface area contributed by atoms with E-state index in [1.54, 1.807) is 6.20 Å². The number of fused-ring (bicyclic) bond motifs is 1. The Bertz CT molecular complexity index is 539. The Balaban J connectivity index is 2.01. The van der Waals surface area contributed by atoms with Crippen LogP contribution in [0.1, 0.15) is 17.2 Å². The molecule has 0 unspecified atom stereocenters. The van der Waals surface area contributed by atoms with Crippen LogP contribution in [-0.4, -0.2) is 18.1 Å². The number of ether oxygens (including phenoxy) is 1. The molecule has 2 aromatic rings. The van der Waals surface area contributed by atoms with Gasteiger partial charge in [0.25, 0.3) is 0 Å². The minimum atomic E-state index is 0.0525. The highest BCUT2D eigenvalue weighted by Gasteiger charge is 2.19. The van der Waals surface area contributed by atoms with Crippen molar-refractivity contribution in [2.75, 3.05) is 13.2 Å². The summed E-state index contributed by atoms with van der Waals surface area (Å²) in [5.74, 6) is 0. The molecule has 0 aliphatic carbocycles. The Morgan fingerprint density at radius 2 is 2.22 bits per heavy atom. The molecule has 18 heavy (non-hydrogen) atoms. The average Bonchev–Trinajstić information content (AvgIpc) is 2.47. The molecule has 2 N–H and O–H groups in total. The van der Waals surface area contributed by atoms with Gasteiger partial charge in [-0.1, -0.05) is 24.3 Å². The maximum atomic E-state index is 5.73. The normalized spacial score (nSPS) is 18.4. The summed E-state index contributed by atoms with van der Waals surface area (Å²) in [4.78, 5) is 4.16. The predicted octanol–water partition coefficient (Wildman–Crippen LogP) is 2.32. The number of pyridine rings is 1. The van der Waals surface area contributed by atoms with Crippen molar-refractivity contribution in [1.82, 2.24) is 4.98 Å². The van der Waals surface area contributed by atoms with E-state index in [0.717, 1.165) is 18.6 Å². The largest absolute Gasteiger partial charge is 0.372 e. The Labute approximate surface area is 107 Å². The van der Waals surface area contributed by atoms with Gasteiger partial charge in [0, 0.05) is 18.9 Å². The summed E-state index contributed by atoms with van der Waals surface area (Å²) >= 11 is 0. The molecule has 3 rings (SSSR count). The van der Waals surface area contributed by atoms with E-state index in [0.29, 0.717) is 6.54 Å². The van der Waals surface area contributed by atoms with E-state index in [4.69, 9.17) is 10.5 Å². The van der Waals surface area contributed by atoms with Crippen LogP contribution in [0.15, 0.2) is 42.7 Å². The maximum Gasteiger partial charge on any atom is 0.0949 e. The molecular formula is C15H16N2O. The quantitative estimate of drug-likeness (QED) is 0.876. The average molecular weight is 240 g/mol. The fraction of sp³-hybridized carbons (Fsp3) is 0.267. The molecule has 1 atom stereocenters. The Kier molecular flexibility index (Phi) is 3.09. The molecule has 0 amide bonds. The van der Waals surface area contributed by atoms with Crippen LogP contribution in [0, 0.1) is 0 Å². The van der Waals surface area contributed by atoms with Gasteiger partial charge in [-0.25, -0.2) is 0 Å². The minimum Gasteiger partial charge on any atom is -0.372 e. The Hall–Kier alpha value is -1.71. The molecule has 0 saturated carbocycles. The van der Waals surface area contributed by atoms with Gasteiger partial charge in [0.1, 0.15) is 0 Å². The topological polar surface area (TPSA) is 48.1 Å². The smallest absolute Gasteiger partial charge is 0.0949 e. The van der Waals surface area contributed by atoms with Crippen molar-refractivity contribution >= 4 is 0 Å². The van der Waals surface area contributed by atoms with Crippen LogP contribution in [0.2, 0.25) is 0 Å². The zero-order valence-corrected chi connectivity index (χ0v) is 10.2. The zero-order chi connectivity index (χ0) is 12.4. The lowest BCUT2D eigenvalue weighted by atomic mass is 9.93. The Morgan fingerprint density at radius 1 is 1.28 bits per heavy atom. The van der Waals surface area contributed by atoms with Gasteiger partial charge in [0.15, 0.2) is 0 Å². The number of rotatable bonds is 2. The monoisotopic (exact) mass is 240 g/mol. The van der Waals surface area contributed by atoms with Crippen LogP contribution in [0.5, 0.6) is 0 Å². The van der Waals surface area contributed by atoms with Crippen LogP contribution >= 0.6 is 0 Å². The fourth-order valence-electron chi connectivity index (χ4n) is 2.45. The summed E-state index contributed by atoms with van der Waals surface area (Å²) in [5, 5.41) is 0. The number of hydrogen-bond donors (Lipinski definition) is 1. The molecule has 3 nitrogen and oxygen atoms in total. The SMILES string of the molecule is NC[C@H]1OCCc2cc(-c3cccnc3)ccc21. The van der Waals surface area contributed by atoms with E-state index < -0.39 is 0 Å². The van der Waals surface area contributed by atoms with Crippen molar-refractivity contribution in [3.05, 3.63) is 53.9 Å². The van der Waals surface area contributed by atoms with E-state index >= 15 is 0 Å². The molecule has 1 aromatic carbocycles. The number of aromatic nitrogens is 1. The van der Waals surface area contributed by atoms with Crippen molar-refractivity contribution in [3.63, 3.8) is 0 Å². The molecule has 0 fully saturated rings. The van der Waals surface area contributed by atoms with Gasteiger partial charge in [-0.15, -0.1) is 0 Å². The summed E-state index contributed by atoms with van der Waals surface area (Å²) < 4.78 is 5.66. The highest BCUT2D eigenvalue weighted by molar-refractivity contribution is 5.64. The zero-order valence-electron chi connectivity index (χ0n) is 10.2. The molecule has 1 aromatic heterocycles. The Morgan fingerprint density at radius 3 is 3.00 bits per heavy atom. The molecule has 92 valence electrons. The fourth-order valence-corrected chi connectivity index (χ4v) is 2.45. The second kappa shape index (κ2) is 4.88. The summed E-state index contributed by atoms with van der Waals surface area (Å²) in [6, 6.07) is 10.5. The molecule has 3 heteroatoms. The van der Waals surface area contributed by atoms with Gasteiger partial charge in [-0.3, -0.25) is 4.98 Å². The lowest BCUT2D eigenvalue weighted by Gasteiger charge is -2.25. The molecule has 2 heterocycles. The number of benzene rings is 1. The summed E-state index contributed by atoms with van der Waals surface area (Å²) in [7, 11) is 0. The first-order valence-electron chi connectivity index (χ1n) is 6.23. The standard InChI is InChI=1S/C15H16N2O/c16-9-15-14-4-3-11(8-12(14)5-7-18-15)13-2-1-6-17-10-13/h1-4,6,8,10,15H,5,7,9,16H2/t15-/m1/s1. The second-order valence-electron chi connectivity index (χ2n) is 4.50. The van der Waals surface area contributed by atoms with Crippen LogP contribution in [0.25, 0.3) is 11.1 Å². The molecular weight excluding hydrogens is 224 g/mol. The molecule has 0 spiro atoms. The minimum absolute atomic E-state index is 0.0525. The van der Waals surface area contributed by atoms with Gasteiger partial charge < -0.3 is 10.5 Å². The number of hydrogen-bond acceptors (Lipinski definition) is 3. The summed E-state index contributed by atoms with van der Waals surface area (Å²) in [6.07, 6.45) is 4.69. The van der Waals surface area contributed by atoms with Gasteiger partial charge >= 0.3 is 0 Å². The first-order chi connectivity index (χ1) is 8.88. The molecule has 0 saturated heterocycles. The third kappa shape index (κ3) is 2.03. The van der Waals surface area contributed by atoms with Crippen LogP contribution in [0.4, 0.5) is 0 Å². The van der Waals surface area contributed by atoms with E-state index in [1.165, 1.54) is 16.7 Å². The molecule has 1 aliphatic heterocycles. The first kappa shape index (κ1) is 11.4. The summed E-state index contributed by atoms with van der Waals surface area (Å²) in [6.45, 7) is 1.30. The van der Waals surface area contributed by atoms with Crippen LogP contribution in [0.3, 0.4) is 0 Å². The van der Waals surface area contributed by atoms with Gasteiger partial charge in [0.2, 0.25) is 0 Å². The number of nitrogens with two attached hydrogens (primary N) is 1. The second-order valence-corrected chi connectivity index (χ2v) is 4.50. The number of nitrogens with zero attached hydrogens (tertiary/aromatic N) is 1. The van der Waals surface area contributed by atoms with E-state index in [-0.39, 0.29) is 6.10 Å². The lowest BCUT2D eigenvalue weighted by molar-refractivity contribution is 0.0485. The molecule has 0 bridgehead atoms. The molecule has 1 aliphatic rings. The first-order valence-corrected chi connectivity index (χ1v) is 6.23. The van der Waals surface area contributed by atoms with Gasteiger partial charge in [-0.2, -0.15) is 0 Å². The van der Waals surface area contributed by atoms with Crippen LogP contribution < -0.4 is 5.73 Å². The van der Waals surface area contributed by atoms with Crippen molar-refractivity contribution in [2.24, 2.45) is 5.73 Å². The van der Waals surface area contributed by atoms with Gasteiger partial charge in [-0.05, 0) is 34.7 Å². The van der Waals surface area contributed by atoms with Crippen molar-refractivity contribution in [1.29, 1.82) is 0 Å². The van der Waals surface area contributed by atoms with E-state index in [2.05, 4.69) is 29.2 Å². The van der Waals surface area contributed by atoms with Gasteiger partial charge in [0.05, 0.1) is 12.7 Å². The van der Waals surface area contributed by atoms with E-state index in [9.17, 15) is 0 Å². The van der Waals surface area contributed by atoms with E-state index in [1.807, 2.05) is 12.3 Å². The third-order valence-corrected chi connectivity index (χ3v) is 3.39. The van der Waals surface area contributed by atoms with Crippen LogP contribution in [-0.2, 0) is 11.2 Å². The van der Waals surface area contributed by atoms with Crippen molar-refractivity contribution in [3.8, 4) is 11.1 Å².